The third-order valence-corrected chi connectivity index (χ3v) is 5.52. The molecule has 2 atom stereocenters. The Hall–Kier alpha value is -3.44. The topological polar surface area (TPSA) is 84.2 Å². The number of amides is 2. The van der Waals surface area contributed by atoms with Crippen LogP contribution in [0.2, 0.25) is 0 Å². The van der Waals surface area contributed by atoms with Gasteiger partial charge in [0.1, 0.15) is 6.04 Å². The van der Waals surface area contributed by atoms with Gasteiger partial charge in [0.05, 0.1) is 12.0 Å². The quantitative estimate of drug-likeness (QED) is 0.457. The number of benzene rings is 3. The molecular weight excluding hydrogens is 398 g/mol. The second kappa shape index (κ2) is 11.8. The highest BCUT2D eigenvalue weighted by Gasteiger charge is 2.28. The Labute approximate surface area is 190 Å². The Morgan fingerprint density at radius 2 is 1.19 bits per heavy atom. The fourth-order valence-corrected chi connectivity index (χ4v) is 3.77. The van der Waals surface area contributed by atoms with Gasteiger partial charge < -0.3 is 16.4 Å². The normalized spacial score (nSPS) is 12.7. The number of carbonyl (C=O) groups excluding carboxylic acids is 2. The summed E-state index contributed by atoms with van der Waals surface area (Å²) in [5, 5.41) is 6.03. The fourth-order valence-electron chi connectivity index (χ4n) is 3.77. The van der Waals surface area contributed by atoms with Crippen molar-refractivity contribution in [2.24, 2.45) is 5.73 Å². The fraction of sp³-hybridized carbons (Fsp3) is 0.259. The summed E-state index contributed by atoms with van der Waals surface area (Å²) in [7, 11) is 0. The van der Waals surface area contributed by atoms with Crippen molar-refractivity contribution in [2.45, 2.75) is 37.8 Å². The van der Waals surface area contributed by atoms with Crippen LogP contribution in [-0.4, -0.2) is 24.4 Å². The monoisotopic (exact) mass is 429 g/mol. The van der Waals surface area contributed by atoms with E-state index in [0.29, 0.717) is 19.4 Å². The molecule has 0 bridgehead atoms. The molecule has 0 fully saturated rings. The lowest BCUT2D eigenvalue weighted by Gasteiger charge is -2.24. The molecule has 2 amide bonds. The highest BCUT2D eigenvalue weighted by atomic mass is 16.2. The minimum atomic E-state index is -0.660. The first-order valence-corrected chi connectivity index (χ1v) is 11.1. The molecule has 3 aromatic rings. The van der Waals surface area contributed by atoms with Crippen LogP contribution in [0.5, 0.6) is 0 Å². The number of rotatable bonds is 10. The molecule has 0 radical (unpaired) electrons. The summed E-state index contributed by atoms with van der Waals surface area (Å²) in [5.74, 6) is -0.910. The molecule has 0 spiro atoms. The van der Waals surface area contributed by atoms with E-state index in [1.807, 2.05) is 97.9 Å². The smallest absolute Gasteiger partial charge is 0.243 e. The molecule has 0 heterocycles. The molecule has 0 saturated carbocycles. The van der Waals surface area contributed by atoms with E-state index >= 15 is 0 Å². The minimum Gasteiger partial charge on any atom is -0.348 e. The Morgan fingerprint density at radius 3 is 1.66 bits per heavy atom. The van der Waals surface area contributed by atoms with E-state index in [0.717, 1.165) is 16.7 Å². The van der Waals surface area contributed by atoms with Gasteiger partial charge in [0.25, 0.3) is 0 Å². The lowest BCUT2D eigenvalue weighted by Crippen LogP contribution is -2.48. The minimum absolute atomic E-state index is 0.167. The van der Waals surface area contributed by atoms with Crippen LogP contribution in [-0.2, 0) is 9.59 Å². The Balaban J connectivity index is 1.79. The molecule has 5 heteroatoms. The van der Waals surface area contributed by atoms with Gasteiger partial charge in [0, 0.05) is 0 Å². The molecule has 0 aromatic heterocycles. The van der Waals surface area contributed by atoms with Crippen LogP contribution in [0.15, 0.2) is 91.0 Å². The van der Waals surface area contributed by atoms with E-state index in [4.69, 9.17) is 5.73 Å². The van der Waals surface area contributed by atoms with Gasteiger partial charge in [-0.25, -0.2) is 0 Å². The first kappa shape index (κ1) is 23.2. The first-order valence-electron chi connectivity index (χ1n) is 11.1. The average Bonchev–Trinajstić information content (AvgIpc) is 2.83. The van der Waals surface area contributed by atoms with Gasteiger partial charge in [-0.15, -0.1) is 0 Å². The van der Waals surface area contributed by atoms with E-state index in [9.17, 15) is 9.59 Å². The standard InChI is InChI=1S/C27H31N3O2/c1-20(21-12-5-2-6-13-21)29-26(31)24(18-11-19-28)30-27(32)25(22-14-7-3-8-15-22)23-16-9-4-10-17-23/h2-10,12-17,20,24-25H,11,18-19,28H2,1H3,(H,29,31)(H,30,32)/t20-,24-/m1/s1. The third-order valence-electron chi connectivity index (χ3n) is 5.52. The van der Waals surface area contributed by atoms with Crippen LogP contribution in [0.4, 0.5) is 0 Å². The number of hydrogen-bond acceptors (Lipinski definition) is 3. The van der Waals surface area contributed by atoms with E-state index in [-0.39, 0.29) is 17.9 Å². The van der Waals surface area contributed by atoms with E-state index in [2.05, 4.69) is 10.6 Å². The van der Waals surface area contributed by atoms with Gasteiger partial charge in [-0.2, -0.15) is 0 Å². The summed E-state index contributed by atoms with van der Waals surface area (Å²) in [6.45, 7) is 2.39. The summed E-state index contributed by atoms with van der Waals surface area (Å²) >= 11 is 0. The summed E-state index contributed by atoms with van der Waals surface area (Å²) in [6, 6.07) is 28.2. The van der Waals surface area contributed by atoms with Crippen molar-refractivity contribution in [1.82, 2.24) is 10.6 Å². The molecule has 0 saturated heterocycles. The van der Waals surface area contributed by atoms with Gasteiger partial charge in [-0.05, 0) is 43.0 Å². The molecule has 5 nitrogen and oxygen atoms in total. The van der Waals surface area contributed by atoms with Gasteiger partial charge in [0.2, 0.25) is 11.8 Å². The highest BCUT2D eigenvalue weighted by molar-refractivity contribution is 5.92. The number of hydrogen-bond donors (Lipinski definition) is 3. The van der Waals surface area contributed by atoms with Gasteiger partial charge in [-0.3, -0.25) is 9.59 Å². The van der Waals surface area contributed by atoms with Crippen molar-refractivity contribution >= 4 is 11.8 Å². The number of nitrogens with two attached hydrogens (primary N) is 1. The van der Waals surface area contributed by atoms with Crippen molar-refractivity contribution < 1.29 is 9.59 Å². The second-order valence-electron chi connectivity index (χ2n) is 7.89. The first-order chi connectivity index (χ1) is 15.6. The predicted molar refractivity (Wildman–Crippen MR) is 128 cm³/mol. The van der Waals surface area contributed by atoms with Crippen molar-refractivity contribution in [3.63, 3.8) is 0 Å². The summed E-state index contributed by atoms with van der Waals surface area (Å²) in [5.41, 5.74) is 8.47. The molecular formula is C27H31N3O2. The maximum Gasteiger partial charge on any atom is 0.243 e. The maximum absolute atomic E-state index is 13.5. The van der Waals surface area contributed by atoms with E-state index < -0.39 is 12.0 Å². The molecule has 0 aliphatic heterocycles. The van der Waals surface area contributed by atoms with E-state index in [1.54, 1.807) is 0 Å². The Bertz CT molecular complexity index is 938. The lowest BCUT2D eigenvalue weighted by molar-refractivity contribution is -0.129. The molecule has 0 aliphatic rings. The summed E-state index contributed by atoms with van der Waals surface area (Å²) in [6.07, 6.45) is 1.12. The number of nitrogens with one attached hydrogen (secondary N) is 2. The van der Waals surface area contributed by atoms with Crippen molar-refractivity contribution in [1.29, 1.82) is 0 Å². The highest BCUT2D eigenvalue weighted by Crippen LogP contribution is 2.25. The largest absolute Gasteiger partial charge is 0.348 e. The summed E-state index contributed by atoms with van der Waals surface area (Å²) in [4.78, 5) is 26.6. The maximum atomic E-state index is 13.5. The Morgan fingerprint density at radius 1 is 0.719 bits per heavy atom. The molecule has 0 unspecified atom stereocenters. The van der Waals surface area contributed by atoms with Crippen LogP contribution in [0, 0.1) is 0 Å². The van der Waals surface area contributed by atoms with Crippen LogP contribution in [0.3, 0.4) is 0 Å². The molecule has 3 aromatic carbocycles. The van der Waals surface area contributed by atoms with Crippen LogP contribution >= 0.6 is 0 Å². The second-order valence-corrected chi connectivity index (χ2v) is 7.89. The van der Waals surface area contributed by atoms with Gasteiger partial charge >= 0.3 is 0 Å². The lowest BCUT2D eigenvalue weighted by atomic mass is 9.90. The van der Waals surface area contributed by atoms with Crippen molar-refractivity contribution in [3.8, 4) is 0 Å². The molecule has 0 aliphatic carbocycles. The molecule has 32 heavy (non-hydrogen) atoms. The molecule has 166 valence electrons. The summed E-state index contributed by atoms with van der Waals surface area (Å²) < 4.78 is 0. The number of carbonyl (C=O) groups is 2. The van der Waals surface area contributed by atoms with Crippen molar-refractivity contribution in [2.75, 3.05) is 6.54 Å². The zero-order chi connectivity index (χ0) is 22.8. The SMILES string of the molecule is C[C@@H](NC(=O)[C@@H](CCCN)NC(=O)C(c1ccccc1)c1ccccc1)c1ccccc1. The van der Waals surface area contributed by atoms with Gasteiger partial charge in [0.15, 0.2) is 0 Å². The zero-order valence-corrected chi connectivity index (χ0v) is 18.4. The Kier molecular flexibility index (Phi) is 8.58. The van der Waals surface area contributed by atoms with Crippen LogP contribution in [0.1, 0.15) is 48.4 Å². The van der Waals surface area contributed by atoms with Gasteiger partial charge in [-0.1, -0.05) is 91.0 Å². The molecule has 4 N–H and O–H groups in total. The van der Waals surface area contributed by atoms with Crippen molar-refractivity contribution in [3.05, 3.63) is 108 Å². The van der Waals surface area contributed by atoms with Crippen LogP contribution in [0.25, 0.3) is 0 Å². The third kappa shape index (κ3) is 6.28. The zero-order valence-electron chi connectivity index (χ0n) is 18.4. The predicted octanol–water partition coefficient (Wildman–Crippen LogP) is 3.92. The van der Waals surface area contributed by atoms with E-state index in [1.165, 1.54) is 0 Å². The molecule has 3 rings (SSSR count). The average molecular weight is 430 g/mol. The van der Waals surface area contributed by atoms with Crippen LogP contribution < -0.4 is 16.4 Å².